The van der Waals surface area contributed by atoms with E-state index in [1.165, 1.54) is 21.8 Å². The maximum atomic E-state index is 6.29. The van der Waals surface area contributed by atoms with Gasteiger partial charge in [-0.2, -0.15) is 0 Å². The van der Waals surface area contributed by atoms with Crippen LogP contribution in [0.5, 0.6) is 0 Å². The number of nitrogens with two attached hydrogens (primary N) is 1. The van der Waals surface area contributed by atoms with Crippen LogP contribution < -0.4 is 5.73 Å². The molecular weight excluding hydrogens is 222 g/mol. The minimum absolute atomic E-state index is 0.405. The number of hydrogen-bond donors (Lipinski definition) is 1. The Labute approximate surface area is 107 Å². The Hall–Kier alpha value is -1.90. The number of nitrogens with zero attached hydrogens (tertiary/aromatic N) is 2. The molecule has 3 heteroatoms. The average Bonchev–Trinajstić information content (AvgIpc) is 2.85. The highest BCUT2D eigenvalue weighted by Crippen LogP contribution is 2.36. The van der Waals surface area contributed by atoms with Crippen LogP contribution in [0.15, 0.2) is 30.5 Å². The van der Waals surface area contributed by atoms with Crippen LogP contribution >= 0.6 is 0 Å². The summed E-state index contributed by atoms with van der Waals surface area (Å²) in [5, 5.41) is 2.55. The molecule has 94 valence electrons. The lowest BCUT2D eigenvalue weighted by Gasteiger charge is -2.12. The van der Waals surface area contributed by atoms with Gasteiger partial charge in [-0.25, -0.2) is 0 Å². The average molecular weight is 241 g/mol. The summed E-state index contributed by atoms with van der Waals surface area (Å²) in [5.74, 6) is 0.873. The number of hydrogen-bond acceptors (Lipinski definition) is 1. The summed E-state index contributed by atoms with van der Waals surface area (Å²) in [6, 6.07) is 8.93. The molecule has 2 heterocycles. The first kappa shape index (κ1) is 11.2. The molecule has 2 N–H and O–H groups in total. The molecule has 18 heavy (non-hydrogen) atoms. The van der Waals surface area contributed by atoms with E-state index >= 15 is 0 Å². The quantitative estimate of drug-likeness (QED) is 0.728. The highest BCUT2D eigenvalue weighted by Gasteiger charge is 2.17. The Bertz CT molecular complexity index is 716. The predicted molar refractivity (Wildman–Crippen MR) is 77.9 cm³/mol. The second kappa shape index (κ2) is 3.80. The number of para-hydroxylation sites is 1. The van der Waals surface area contributed by atoms with Crippen molar-refractivity contribution >= 4 is 27.6 Å². The third-order valence-corrected chi connectivity index (χ3v) is 3.64. The zero-order valence-corrected chi connectivity index (χ0v) is 11.1. The first-order valence-electron chi connectivity index (χ1n) is 6.52. The van der Waals surface area contributed by atoms with Crippen molar-refractivity contribution in [2.45, 2.75) is 33.4 Å². The number of aryl methyl sites for hydroxylation is 1. The minimum Gasteiger partial charge on any atom is -0.383 e. The lowest BCUT2D eigenvalue weighted by Crippen LogP contribution is -2.04. The van der Waals surface area contributed by atoms with E-state index in [-0.39, 0.29) is 0 Å². The van der Waals surface area contributed by atoms with Crippen LogP contribution in [0, 0.1) is 0 Å². The summed E-state index contributed by atoms with van der Waals surface area (Å²) in [6.07, 6.45) is 2.17. The Morgan fingerprint density at radius 3 is 2.56 bits per heavy atom. The number of benzene rings is 1. The van der Waals surface area contributed by atoms with Crippen LogP contribution in [0.3, 0.4) is 0 Å². The Morgan fingerprint density at radius 1 is 1.17 bits per heavy atom. The van der Waals surface area contributed by atoms with Crippen LogP contribution in [-0.2, 0) is 6.54 Å². The van der Waals surface area contributed by atoms with E-state index in [4.69, 9.17) is 5.73 Å². The van der Waals surface area contributed by atoms with Crippen molar-refractivity contribution in [3.63, 3.8) is 0 Å². The number of anilines is 1. The van der Waals surface area contributed by atoms with Gasteiger partial charge in [0.25, 0.3) is 0 Å². The van der Waals surface area contributed by atoms with E-state index in [1.807, 2.05) is 0 Å². The molecular formula is C15H19N3. The molecule has 0 aliphatic rings. The molecule has 1 aromatic carbocycles. The fourth-order valence-electron chi connectivity index (χ4n) is 2.84. The molecule has 0 radical (unpaired) electrons. The fourth-order valence-corrected chi connectivity index (χ4v) is 2.84. The van der Waals surface area contributed by atoms with E-state index in [0.29, 0.717) is 6.04 Å². The standard InChI is InChI=1S/C15H19N3/c1-4-17-9-12-11-7-5-6-8-13(11)18(10(2)3)14(12)15(17)16/h5-10H,4,16H2,1-3H3. The van der Waals surface area contributed by atoms with Crippen molar-refractivity contribution in [2.75, 3.05) is 5.73 Å². The summed E-state index contributed by atoms with van der Waals surface area (Å²) < 4.78 is 4.46. The number of fused-ring (bicyclic) bond motifs is 3. The highest BCUT2D eigenvalue weighted by molar-refractivity contribution is 6.11. The van der Waals surface area contributed by atoms with Gasteiger partial charge in [0.2, 0.25) is 0 Å². The minimum atomic E-state index is 0.405. The van der Waals surface area contributed by atoms with E-state index in [0.717, 1.165) is 12.4 Å². The molecule has 0 atom stereocenters. The molecule has 0 bridgehead atoms. The van der Waals surface area contributed by atoms with Gasteiger partial charge in [0.1, 0.15) is 5.82 Å². The summed E-state index contributed by atoms with van der Waals surface area (Å²) in [4.78, 5) is 0. The third kappa shape index (κ3) is 1.30. The molecule has 0 amide bonds. The lowest BCUT2D eigenvalue weighted by molar-refractivity contribution is 0.641. The van der Waals surface area contributed by atoms with Gasteiger partial charge in [-0.3, -0.25) is 0 Å². The van der Waals surface area contributed by atoms with Crippen molar-refractivity contribution in [1.82, 2.24) is 9.13 Å². The van der Waals surface area contributed by atoms with Crippen molar-refractivity contribution in [2.24, 2.45) is 0 Å². The van der Waals surface area contributed by atoms with Crippen molar-refractivity contribution < 1.29 is 0 Å². The molecule has 0 saturated carbocycles. The van der Waals surface area contributed by atoms with Gasteiger partial charge in [0.15, 0.2) is 0 Å². The molecule has 0 saturated heterocycles. The molecule has 0 spiro atoms. The summed E-state index contributed by atoms with van der Waals surface area (Å²) in [5.41, 5.74) is 8.74. The SMILES string of the molecule is CCn1cc2c3ccccc3n(C(C)C)c2c1N. The van der Waals surface area contributed by atoms with Crippen molar-refractivity contribution in [3.05, 3.63) is 30.5 Å². The van der Waals surface area contributed by atoms with Crippen LogP contribution in [0.4, 0.5) is 5.82 Å². The lowest BCUT2D eigenvalue weighted by atomic mass is 10.2. The largest absolute Gasteiger partial charge is 0.383 e. The van der Waals surface area contributed by atoms with Crippen LogP contribution in [0.1, 0.15) is 26.8 Å². The smallest absolute Gasteiger partial charge is 0.128 e. The normalized spacial score (nSPS) is 12.0. The molecule has 0 fully saturated rings. The topological polar surface area (TPSA) is 35.9 Å². The van der Waals surface area contributed by atoms with Crippen molar-refractivity contribution in [1.29, 1.82) is 0 Å². The Morgan fingerprint density at radius 2 is 1.89 bits per heavy atom. The molecule has 3 nitrogen and oxygen atoms in total. The maximum Gasteiger partial charge on any atom is 0.128 e. The zero-order chi connectivity index (χ0) is 12.9. The first-order valence-corrected chi connectivity index (χ1v) is 6.52. The van der Waals surface area contributed by atoms with Crippen LogP contribution in [0.25, 0.3) is 21.8 Å². The highest BCUT2D eigenvalue weighted by atomic mass is 15.1. The summed E-state index contributed by atoms with van der Waals surface area (Å²) in [7, 11) is 0. The Kier molecular flexibility index (Phi) is 2.37. The zero-order valence-electron chi connectivity index (χ0n) is 11.1. The number of aromatic nitrogens is 2. The fraction of sp³-hybridized carbons (Fsp3) is 0.333. The Balaban J connectivity index is 2.54. The number of nitrogen functional groups attached to an aromatic ring is 1. The predicted octanol–water partition coefficient (Wildman–Crippen LogP) is 3.78. The van der Waals surface area contributed by atoms with Gasteiger partial charge < -0.3 is 14.9 Å². The van der Waals surface area contributed by atoms with Crippen LogP contribution in [-0.4, -0.2) is 9.13 Å². The third-order valence-electron chi connectivity index (χ3n) is 3.64. The van der Waals surface area contributed by atoms with Gasteiger partial charge >= 0.3 is 0 Å². The molecule has 0 aliphatic heterocycles. The second-order valence-corrected chi connectivity index (χ2v) is 5.04. The molecule has 3 aromatic rings. The molecule has 0 unspecified atom stereocenters. The molecule has 2 aromatic heterocycles. The van der Waals surface area contributed by atoms with Gasteiger partial charge in [-0.15, -0.1) is 0 Å². The second-order valence-electron chi connectivity index (χ2n) is 5.04. The van der Waals surface area contributed by atoms with Crippen molar-refractivity contribution in [3.8, 4) is 0 Å². The van der Waals surface area contributed by atoms with Crippen LogP contribution in [0.2, 0.25) is 0 Å². The van der Waals surface area contributed by atoms with E-state index in [1.54, 1.807) is 0 Å². The maximum absolute atomic E-state index is 6.29. The first-order chi connectivity index (χ1) is 8.65. The summed E-state index contributed by atoms with van der Waals surface area (Å²) in [6.45, 7) is 7.44. The monoisotopic (exact) mass is 241 g/mol. The molecule has 3 rings (SSSR count). The van der Waals surface area contributed by atoms with E-state index in [2.05, 4.69) is 60.4 Å². The van der Waals surface area contributed by atoms with Gasteiger partial charge in [-0.05, 0) is 26.8 Å². The number of rotatable bonds is 2. The van der Waals surface area contributed by atoms with E-state index in [9.17, 15) is 0 Å². The van der Waals surface area contributed by atoms with Gasteiger partial charge in [-0.1, -0.05) is 18.2 Å². The van der Waals surface area contributed by atoms with Gasteiger partial charge in [0.05, 0.1) is 5.52 Å². The van der Waals surface area contributed by atoms with E-state index < -0.39 is 0 Å². The summed E-state index contributed by atoms with van der Waals surface area (Å²) >= 11 is 0. The molecule has 0 aliphatic carbocycles. The van der Waals surface area contributed by atoms with Gasteiger partial charge in [0, 0.05) is 35.1 Å².